The van der Waals surface area contributed by atoms with Crippen molar-refractivity contribution in [3.05, 3.63) is 64.1 Å². The van der Waals surface area contributed by atoms with Crippen LogP contribution in [0.15, 0.2) is 53.0 Å². The largest absolute Gasteiger partial charge is 0.369 e. The maximum atomic E-state index is 4.91. The first-order valence-electron chi connectivity index (χ1n) is 7.42. The summed E-state index contributed by atoms with van der Waals surface area (Å²) >= 11 is 3.54. The molecule has 0 unspecified atom stereocenters. The van der Waals surface area contributed by atoms with E-state index in [0.29, 0.717) is 0 Å². The van der Waals surface area contributed by atoms with Gasteiger partial charge >= 0.3 is 0 Å². The van der Waals surface area contributed by atoms with Crippen LogP contribution in [0, 0.1) is 6.92 Å². The van der Waals surface area contributed by atoms with Crippen molar-refractivity contribution in [2.24, 2.45) is 0 Å². The predicted molar refractivity (Wildman–Crippen MR) is 93.6 cm³/mol. The molecule has 0 saturated carbocycles. The molecule has 0 aliphatic carbocycles. The average molecular weight is 354 g/mol. The highest BCUT2D eigenvalue weighted by Crippen LogP contribution is 2.36. The third-order valence-corrected chi connectivity index (χ3v) is 4.60. The molecule has 4 heteroatoms. The van der Waals surface area contributed by atoms with Crippen LogP contribution in [0.5, 0.6) is 0 Å². The van der Waals surface area contributed by atoms with Crippen LogP contribution < -0.4 is 5.32 Å². The molecule has 110 valence electrons. The molecule has 1 aliphatic rings. The summed E-state index contributed by atoms with van der Waals surface area (Å²) in [5.74, 6) is 1.12. The molecule has 0 radical (unpaired) electrons. The zero-order chi connectivity index (χ0) is 15.1. The highest BCUT2D eigenvalue weighted by atomic mass is 79.9. The quantitative estimate of drug-likeness (QED) is 0.730. The zero-order valence-electron chi connectivity index (χ0n) is 12.3. The fourth-order valence-electron chi connectivity index (χ4n) is 3.02. The Labute approximate surface area is 138 Å². The third kappa shape index (κ3) is 2.15. The summed E-state index contributed by atoms with van der Waals surface area (Å²) in [6.07, 6.45) is 1.02. The van der Waals surface area contributed by atoms with Gasteiger partial charge in [-0.25, -0.2) is 4.68 Å². The Morgan fingerprint density at radius 2 is 2.00 bits per heavy atom. The van der Waals surface area contributed by atoms with E-state index in [-0.39, 0.29) is 0 Å². The van der Waals surface area contributed by atoms with Crippen LogP contribution in [0.25, 0.3) is 16.9 Å². The van der Waals surface area contributed by atoms with E-state index < -0.39 is 0 Å². The normalized spacial score (nSPS) is 13.0. The number of fused-ring (bicyclic) bond motifs is 1. The fraction of sp³-hybridized carbons (Fsp3) is 0.167. The maximum absolute atomic E-state index is 4.91. The molecule has 1 N–H and O–H groups in total. The topological polar surface area (TPSA) is 29.9 Å². The molecule has 0 saturated heterocycles. The molecule has 2 heterocycles. The van der Waals surface area contributed by atoms with Crippen LogP contribution in [0.4, 0.5) is 5.82 Å². The minimum Gasteiger partial charge on any atom is -0.369 e. The van der Waals surface area contributed by atoms with Crippen LogP contribution >= 0.6 is 15.9 Å². The molecular formula is C18H16BrN3. The number of hydrogen-bond donors (Lipinski definition) is 1. The highest BCUT2D eigenvalue weighted by molar-refractivity contribution is 9.10. The Kier molecular flexibility index (Phi) is 3.26. The van der Waals surface area contributed by atoms with Gasteiger partial charge in [0.15, 0.2) is 0 Å². The second-order valence-corrected chi connectivity index (χ2v) is 6.47. The van der Waals surface area contributed by atoms with Gasteiger partial charge in [-0.3, -0.25) is 0 Å². The van der Waals surface area contributed by atoms with E-state index in [4.69, 9.17) is 5.10 Å². The summed E-state index contributed by atoms with van der Waals surface area (Å²) in [6, 6.07) is 16.7. The predicted octanol–water partition coefficient (Wildman–Crippen LogP) is 4.58. The van der Waals surface area contributed by atoms with Crippen LogP contribution in [0.1, 0.15) is 11.1 Å². The number of benzene rings is 2. The number of rotatable bonds is 2. The van der Waals surface area contributed by atoms with Gasteiger partial charge in [0.1, 0.15) is 5.82 Å². The minimum atomic E-state index is 0.972. The lowest BCUT2D eigenvalue weighted by Crippen LogP contribution is -2.04. The second-order valence-electron chi connectivity index (χ2n) is 5.56. The summed E-state index contributed by atoms with van der Waals surface area (Å²) in [5.41, 5.74) is 5.96. The molecular weight excluding hydrogens is 338 g/mol. The van der Waals surface area contributed by atoms with Crippen molar-refractivity contribution >= 4 is 21.7 Å². The van der Waals surface area contributed by atoms with Crippen molar-refractivity contribution in [2.45, 2.75) is 13.3 Å². The average Bonchev–Trinajstić information content (AvgIpc) is 3.10. The van der Waals surface area contributed by atoms with Gasteiger partial charge < -0.3 is 5.32 Å². The molecule has 0 fully saturated rings. The fourth-order valence-corrected chi connectivity index (χ4v) is 3.41. The van der Waals surface area contributed by atoms with Crippen LogP contribution in [-0.2, 0) is 6.42 Å². The highest BCUT2D eigenvalue weighted by Gasteiger charge is 2.24. The molecule has 0 bridgehead atoms. The van der Waals surface area contributed by atoms with E-state index in [1.807, 2.05) is 16.8 Å². The van der Waals surface area contributed by atoms with E-state index in [0.717, 1.165) is 34.6 Å². The van der Waals surface area contributed by atoms with Crippen molar-refractivity contribution in [1.29, 1.82) is 0 Å². The summed E-state index contributed by atoms with van der Waals surface area (Å²) in [6.45, 7) is 3.11. The third-order valence-electron chi connectivity index (χ3n) is 4.10. The maximum Gasteiger partial charge on any atom is 0.133 e. The Morgan fingerprint density at radius 1 is 1.14 bits per heavy atom. The van der Waals surface area contributed by atoms with Crippen LogP contribution in [0.3, 0.4) is 0 Å². The number of nitrogens with zero attached hydrogens (tertiary/aromatic N) is 2. The molecule has 4 rings (SSSR count). The van der Waals surface area contributed by atoms with Gasteiger partial charge in [0, 0.05) is 22.1 Å². The molecule has 22 heavy (non-hydrogen) atoms. The van der Waals surface area contributed by atoms with Gasteiger partial charge in [-0.05, 0) is 37.1 Å². The summed E-state index contributed by atoms with van der Waals surface area (Å²) < 4.78 is 3.08. The number of anilines is 1. The number of nitrogens with one attached hydrogen (secondary N) is 1. The smallest absolute Gasteiger partial charge is 0.133 e. The first kappa shape index (κ1) is 13.6. The monoisotopic (exact) mass is 353 g/mol. The van der Waals surface area contributed by atoms with E-state index in [1.54, 1.807) is 0 Å². The first-order chi connectivity index (χ1) is 10.7. The minimum absolute atomic E-state index is 0.972. The zero-order valence-corrected chi connectivity index (χ0v) is 13.9. The number of halogens is 1. The molecule has 0 spiro atoms. The van der Waals surface area contributed by atoms with Crippen molar-refractivity contribution in [3.63, 3.8) is 0 Å². The standard InChI is InChI=1S/C18H16BrN3/c1-12-5-2-3-8-15(12)17-16-9-10-20-18(16)22(21-17)14-7-4-6-13(19)11-14/h2-8,11,20H,9-10H2,1H3. The van der Waals surface area contributed by atoms with Gasteiger partial charge in [-0.1, -0.05) is 46.3 Å². The Morgan fingerprint density at radius 3 is 2.82 bits per heavy atom. The van der Waals surface area contributed by atoms with Crippen LogP contribution in [-0.4, -0.2) is 16.3 Å². The van der Waals surface area contributed by atoms with Gasteiger partial charge in [-0.2, -0.15) is 5.10 Å². The molecule has 3 aromatic rings. The number of hydrogen-bond acceptors (Lipinski definition) is 2. The summed E-state index contributed by atoms with van der Waals surface area (Å²) in [7, 11) is 0. The SMILES string of the molecule is Cc1ccccc1-c1nn(-c2cccc(Br)c2)c2c1CCN2. The second kappa shape index (κ2) is 5.29. The van der Waals surface area contributed by atoms with Gasteiger partial charge in [0.05, 0.1) is 11.4 Å². The Bertz CT molecular complexity index is 851. The number of aryl methyl sites for hydroxylation is 1. The summed E-state index contributed by atoms with van der Waals surface area (Å²) in [4.78, 5) is 0. The van der Waals surface area contributed by atoms with Gasteiger partial charge in [-0.15, -0.1) is 0 Å². The lowest BCUT2D eigenvalue weighted by Gasteiger charge is -2.07. The van der Waals surface area contributed by atoms with Gasteiger partial charge in [0.25, 0.3) is 0 Å². The molecule has 1 aliphatic heterocycles. The number of aromatic nitrogens is 2. The van der Waals surface area contributed by atoms with Crippen molar-refractivity contribution in [1.82, 2.24) is 9.78 Å². The lowest BCUT2D eigenvalue weighted by molar-refractivity contribution is 0.881. The summed E-state index contributed by atoms with van der Waals surface area (Å²) in [5, 5.41) is 8.39. The molecule has 0 atom stereocenters. The van der Waals surface area contributed by atoms with Crippen LogP contribution in [0.2, 0.25) is 0 Å². The van der Waals surface area contributed by atoms with Gasteiger partial charge in [0.2, 0.25) is 0 Å². The molecule has 1 aromatic heterocycles. The lowest BCUT2D eigenvalue weighted by atomic mass is 10.0. The Hall–Kier alpha value is -2.07. The first-order valence-corrected chi connectivity index (χ1v) is 8.21. The van der Waals surface area contributed by atoms with E-state index in [2.05, 4.69) is 64.6 Å². The Balaban J connectivity index is 1.93. The molecule has 0 amide bonds. The molecule has 3 nitrogen and oxygen atoms in total. The van der Waals surface area contributed by atoms with E-state index >= 15 is 0 Å². The van der Waals surface area contributed by atoms with E-state index in [1.165, 1.54) is 16.7 Å². The van der Waals surface area contributed by atoms with E-state index in [9.17, 15) is 0 Å². The van der Waals surface area contributed by atoms with Crippen molar-refractivity contribution in [2.75, 3.05) is 11.9 Å². The van der Waals surface area contributed by atoms with Crippen molar-refractivity contribution < 1.29 is 0 Å². The molecule has 2 aromatic carbocycles. The van der Waals surface area contributed by atoms with Crippen molar-refractivity contribution in [3.8, 4) is 16.9 Å².